The second-order valence-corrected chi connectivity index (χ2v) is 5.10. The van der Waals surface area contributed by atoms with Crippen molar-refractivity contribution in [2.24, 2.45) is 0 Å². The molecule has 2 nitrogen and oxygen atoms in total. The summed E-state index contributed by atoms with van der Waals surface area (Å²) >= 11 is 6.19. The quantitative estimate of drug-likeness (QED) is 0.759. The van der Waals surface area contributed by atoms with E-state index in [0.29, 0.717) is 13.0 Å². The van der Waals surface area contributed by atoms with Gasteiger partial charge in [0.2, 0.25) is 5.91 Å². The Kier molecular flexibility index (Phi) is 2.96. The number of hydrogen-bond donors (Lipinski definition) is 0. The van der Waals surface area contributed by atoms with Crippen LogP contribution in [-0.4, -0.2) is 23.4 Å². The van der Waals surface area contributed by atoms with Gasteiger partial charge in [-0.3, -0.25) is 4.79 Å². The molecular weight excluding hydrogens is 246 g/mol. The molecule has 1 aromatic carbocycles. The van der Waals surface area contributed by atoms with Gasteiger partial charge in [0.1, 0.15) is 0 Å². The number of hydrogen-bond acceptors (Lipinski definition) is 1. The van der Waals surface area contributed by atoms with Gasteiger partial charge in [-0.25, -0.2) is 0 Å². The molecule has 0 fully saturated rings. The fourth-order valence-electron chi connectivity index (χ4n) is 2.56. The fourth-order valence-corrected chi connectivity index (χ4v) is 2.85. The van der Waals surface area contributed by atoms with Crippen molar-refractivity contribution in [2.45, 2.75) is 18.9 Å². The van der Waals surface area contributed by atoms with Crippen LogP contribution in [-0.2, 0) is 4.79 Å². The highest BCUT2D eigenvalue weighted by Gasteiger charge is 2.32. The topological polar surface area (TPSA) is 20.3 Å². The van der Waals surface area contributed by atoms with Crippen molar-refractivity contribution in [1.82, 2.24) is 4.90 Å². The summed E-state index contributed by atoms with van der Waals surface area (Å²) in [6.45, 7) is 0.664. The Morgan fingerprint density at radius 2 is 1.94 bits per heavy atom. The molecule has 0 unspecified atom stereocenters. The highest BCUT2D eigenvalue weighted by molar-refractivity contribution is 6.30. The summed E-state index contributed by atoms with van der Waals surface area (Å²) in [4.78, 5) is 13.8. The van der Waals surface area contributed by atoms with Crippen LogP contribution >= 0.6 is 11.6 Å². The van der Waals surface area contributed by atoms with Crippen LogP contribution in [0.4, 0.5) is 0 Å². The Bertz CT molecular complexity index is 533. The molecule has 1 atom stereocenters. The molecule has 1 aromatic rings. The molecule has 0 saturated carbocycles. The van der Waals surface area contributed by atoms with Gasteiger partial charge in [0.05, 0.1) is 6.04 Å². The maximum Gasteiger partial charge on any atom is 0.227 e. The van der Waals surface area contributed by atoms with Crippen LogP contribution in [0.2, 0.25) is 0 Å². The molecule has 2 aliphatic rings. The smallest absolute Gasteiger partial charge is 0.227 e. The zero-order valence-corrected chi connectivity index (χ0v) is 10.7. The van der Waals surface area contributed by atoms with E-state index in [1.807, 2.05) is 29.2 Å². The Labute approximate surface area is 112 Å². The second kappa shape index (κ2) is 4.62. The Balaban J connectivity index is 1.91. The summed E-state index contributed by atoms with van der Waals surface area (Å²) in [5.74, 6) is 0.172. The van der Waals surface area contributed by atoms with Crippen LogP contribution in [0, 0.1) is 0 Å². The first kappa shape index (κ1) is 11.5. The first-order chi connectivity index (χ1) is 8.75. The molecule has 0 aliphatic carbocycles. The summed E-state index contributed by atoms with van der Waals surface area (Å²) in [5, 5.41) is 0.804. The third kappa shape index (κ3) is 1.97. The van der Waals surface area contributed by atoms with E-state index < -0.39 is 0 Å². The van der Waals surface area contributed by atoms with E-state index in [1.165, 1.54) is 11.1 Å². The number of halogens is 1. The molecule has 3 heteroatoms. The monoisotopic (exact) mass is 259 g/mol. The summed E-state index contributed by atoms with van der Waals surface area (Å²) in [7, 11) is 0. The fraction of sp³-hybridized carbons (Fsp3) is 0.267. The van der Waals surface area contributed by atoms with Crippen molar-refractivity contribution in [3.05, 3.63) is 53.1 Å². The predicted molar refractivity (Wildman–Crippen MR) is 73.1 cm³/mol. The van der Waals surface area contributed by atoms with Crippen molar-refractivity contribution in [3.63, 3.8) is 0 Å². The molecule has 92 valence electrons. The van der Waals surface area contributed by atoms with Gasteiger partial charge in [-0.2, -0.15) is 0 Å². The van der Waals surface area contributed by atoms with E-state index in [2.05, 4.69) is 18.2 Å². The zero-order valence-electron chi connectivity index (χ0n) is 9.97. The molecular formula is C15H14ClNO. The van der Waals surface area contributed by atoms with Gasteiger partial charge in [0.15, 0.2) is 0 Å². The lowest BCUT2D eigenvalue weighted by atomic mass is 9.94. The molecule has 0 aromatic heterocycles. The van der Waals surface area contributed by atoms with Gasteiger partial charge in [-0.05, 0) is 17.6 Å². The summed E-state index contributed by atoms with van der Waals surface area (Å²) in [6.07, 6.45) is 5.28. The molecule has 2 aliphatic heterocycles. The average Bonchev–Trinajstić information content (AvgIpc) is 2.44. The van der Waals surface area contributed by atoms with Crippen molar-refractivity contribution in [3.8, 4) is 0 Å². The Morgan fingerprint density at radius 3 is 2.72 bits per heavy atom. The molecule has 0 spiro atoms. The second-order valence-electron chi connectivity index (χ2n) is 4.66. The van der Waals surface area contributed by atoms with Crippen LogP contribution in [0.1, 0.15) is 18.4 Å². The third-order valence-corrected chi connectivity index (χ3v) is 3.97. The van der Waals surface area contributed by atoms with Crippen LogP contribution in [0.25, 0.3) is 5.57 Å². The maximum atomic E-state index is 11.9. The van der Waals surface area contributed by atoms with Gasteiger partial charge in [0, 0.05) is 18.0 Å². The van der Waals surface area contributed by atoms with Gasteiger partial charge in [-0.15, -0.1) is 0 Å². The van der Waals surface area contributed by atoms with Crippen molar-refractivity contribution < 1.29 is 4.79 Å². The van der Waals surface area contributed by atoms with Crippen molar-refractivity contribution in [1.29, 1.82) is 0 Å². The van der Waals surface area contributed by atoms with E-state index in [9.17, 15) is 4.79 Å². The summed E-state index contributed by atoms with van der Waals surface area (Å²) in [6, 6.07) is 10.3. The first-order valence-corrected chi connectivity index (χ1v) is 6.53. The minimum atomic E-state index is 0.0559. The van der Waals surface area contributed by atoms with E-state index in [-0.39, 0.29) is 11.9 Å². The van der Waals surface area contributed by atoms with Gasteiger partial charge in [-0.1, -0.05) is 54.1 Å². The van der Waals surface area contributed by atoms with Crippen LogP contribution < -0.4 is 0 Å². The zero-order chi connectivity index (χ0) is 12.5. The largest absolute Gasteiger partial charge is 0.330 e. The molecule has 0 saturated heterocycles. The van der Waals surface area contributed by atoms with E-state index in [0.717, 1.165) is 11.5 Å². The minimum Gasteiger partial charge on any atom is -0.330 e. The lowest BCUT2D eigenvalue weighted by molar-refractivity contribution is -0.131. The lowest BCUT2D eigenvalue weighted by Crippen LogP contribution is -2.45. The van der Waals surface area contributed by atoms with Crippen LogP contribution in [0.5, 0.6) is 0 Å². The first-order valence-electron chi connectivity index (χ1n) is 6.15. The van der Waals surface area contributed by atoms with E-state index >= 15 is 0 Å². The Morgan fingerprint density at radius 1 is 1.17 bits per heavy atom. The minimum absolute atomic E-state index is 0.0559. The number of carbonyl (C=O) groups excluding carboxylic acids is 1. The molecule has 3 rings (SSSR count). The van der Waals surface area contributed by atoms with Crippen LogP contribution in [0.3, 0.4) is 0 Å². The average molecular weight is 260 g/mol. The number of benzene rings is 1. The number of rotatable bonds is 1. The highest BCUT2D eigenvalue weighted by Crippen LogP contribution is 2.32. The highest BCUT2D eigenvalue weighted by atomic mass is 35.5. The number of carbonyl (C=O) groups is 1. The molecule has 0 N–H and O–H groups in total. The van der Waals surface area contributed by atoms with E-state index in [4.69, 9.17) is 11.6 Å². The number of amides is 1. The lowest BCUT2D eigenvalue weighted by Gasteiger charge is -2.37. The van der Waals surface area contributed by atoms with Gasteiger partial charge in [0.25, 0.3) is 0 Å². The molecule has 0 radical (unpaired) electrons. The normalized spacial score (nSPS) is 23.3. The van der Waals surface area contributed by atoms with Crippen LogP contribution in [0.15, 0.2) is 47.5 Å². The van der Waals surface area contributed by atoms with Gasteiger partial charge < -0.3 is 4.90 Å². The predicted octanol–water partition coefficient (Wildman–Crippen LogP) is 3.20. The maximum absolute atomic E-state index is 11.9. The van der Waals surface area contributed by atoms with Crippen molar-refractivity contribution >= 4 is 23.1 Å². The van der Waals surface area contributed by atoms with E-state index in [1.54, 1.807) is 0 Å². The van der Waals surface area contributed by atoms with Gasteiger partial charge >= 0.3 is 0 Å². The molecule has 18 heavy (non-hydrogen) atoms. The summed E-state index contributed by atoms with van der Waals surface area (Å²) in [5.41, 5.74) is 2.40. The number of fused-ring (bicyclic) bond motifs is 1. The number of nitrogens with zero attached hydrogens (tertiary/aromatic N) is 1. The standard InChI is InChI=1S/C15H14ClNO/c16-13-7-9-15(18)17-10-12(6-8-14(13)17)11-4-2-1-3-5-11/h1-7,14H,8-10H2/t14-/m1/s1. The summed E-state index contributed by atoms with van der Waals surface area (Å²) < 4.78 is 0. The third-order valence-electron chi connectivity index (χ3n) is 3.56. The molecule has 1 amide bonds. The SMILES string of the molecule is O=C1CC=C(Cl)[C@H]2CC=C(c3ccccc3)CN12. The Hall–Kier alpha value is -1.54. The molecule has 0 bridgehead atoms. The van der Waals surface area contributed by atoms with Crippen molar-refractivity contribution in [2.75, 3.05) is 6.54 Å². The molecule has 2 heterocycles.